The molecule has 1 aromatic heterocycles. The van der Waals surface area contributed by atoms with Gasteiger partial charge in [0.15, 0.2) is 0 Å². The van der Waals surface area contributed by atoms with E-state index in [9.17, 15) is 13.2 Å². The molecular weight excluding hydrogens is 358 g/mol. The number of amides is 1. The summed E-state index contributed by atoms with van der Waals surface area (Å²) < 4.78 is 28.2. The van der Waals surface area contributed by atoms with Crippen LogP contribution in [0.2, 0.25) is 0 Å². The van der Waals surface area contributed by atoms with Crippen molar-refractivity contribution in [3.63, 3.8) is 0 Å². The van der Waals surface area contributed by atoms with Gasteiger partial charge in [-0.15, -0.1) is 11.3 Å². The van der Waals surface area contributed by atoms with Gasteiger partial charge in [0.1, 0.15) is 0 Å². The molecule has 0 fully saturated rings. The first kappa shape index (κ1) is 19.6. The average Bonchev–Trinajstić information content (AvgIpc) is 3.02. The molecule has 1 aromatic carbocycles. The monoisotopic (exact) mass is 381 g/mol. The Morgan fingerprint density at radius 3 is 2.56 bits per heavy atom. The summed E-state index contributed by atoms with van der Waals surface area (Å²) in [6.07, 6.45) is 0. The number of hydrogen-bond acceptors (Lipinski definition) is 5. The molecule has 0 radical (unpaired) electrons. The van der Waals surface area contributed by atoms with Gasteiger partial charge in [-0.1, -0.05) is 12.1 Å². The van der Waals surface area contributed by atoms with Gasteiger partial charge in [0.25, 0.3) is 0 Å². The van der Waals surface area contributed by atoms with E-state index in [-0.39, 0.29) is 23.4 Å². The van der Waals surface area contributed by atoms with Gasteiger partial charge in [0.05, 0.1) is 10.9 Å². The Morgan fingerprint density at radius 2 is 2.00 bits per heavy atom. The number of nitrogens with zero attached hydrogens (tertiary/aromatic N) is 1. The molecule has 0 saturated heterocycles. The number of hydrogen-bond donors (Lipinski definition) is 2. The van der Waals surface area contributed by atoms with E-state index in [1.54, 1.807) is 30.4 Å². The van der Waals surface area contributed by atoms with E-state index < -0.39 is 10.0 Å². The summed E-state index contributed by atoms with van der Waals surface area (Å²) in [5.74, 6) is -0.245. The molecule has 8 heteroatoms. The fraction of sp³-hybridized carbons (Fsp3) is 0.353. The molecule has 0 aliphatic rings. The lowest BCUT2D eigenvalue weighted by molar-refractivity contribution is -0.114. The molecule has 0 aliphatic carbocycles. The van der Waals surface area contributed by atoms with Gasteiger partial charge in [0.2, 0.25) is 15.9 Å². The van der Waals surface area contributed by atoms with E-state index >= 15 is 0 Å². The van der Waals surface area contributed by atoms with Crippen LogP contribution in [0.3, 0.4) is 0 Å². The van der Waals surface area contributed by atoms with Crippen LogP contribution in [0, 0.1) is 6.92 Å². The molecule has 1 unspecified atom stereocenters. The van der Waals surface area contributed by atoms with Crippen LogP contribution >= 0.6 is 11.3 Å². The van der Waals surface area contributed by atoms with Crippen LogP contribution in [0.15, 0.2) is 40.6 Å². The van der Waals surface area contributed by atoms with E-state index in [0.717, 1.165) is 4.88 Å². The Labute approximate surface area is 152 Å². The van der Waals surface area contributed by atoms with Crippen molar-refractivity contribution in [2.75, 3.05) is 26.0 Å². The van der Waals surface area contributed by atoms with Crippen LogP contribution < -0.4 is 10.0 Å². The number of thiophene rings is 1. The quantitative estimate of drug-likeness (QED) is 0.773. The number of sulfonamides is 1. The van der Waals surface area contributed by atoms with E-state index in [1.807, 2.05) is 36.5 Å². The highest BCUT2D eigenvalue weighted by Gasteiger charge is 2.22. The molecule has 0 aliphatic heterocycles. The normalized spacial score (nSPS) is 13.0. The molecule has 25 heavy (non-hydrogen) atoms. The zero-order chi connectivity index (χ0) is 18.6. The standard InChI is InChI=1S/C17H23N3O3S2/c1-12-7-8-14(19-13(2)21)10-17(12)25(22,23)18-11-15(20(3)4)16-6-5-9-24-16/h5-10,15,18H,11H2,1-4H3,(H,19,21). The minimum Gasteiger partial charge on any atom is -0.326 e. The van der Waals surface area contributed by atoms with Crippen molar-refractivity contribution >= 4 is 33.0 Å². The third-order valence-corrected chi connectivity index (χ3v) is 6.30. The maximum atomic E-state index is 12.7. The summed E-state index contributed by atoms with van der Waals surface area (Å²) in [7, 11) is 0.144. The van der Waals surface area contributed by atoms with Crippen LogP contribution in [0.5, 0.6) is 0 Å². The number of aryl methyl sites for hydroxylation is 1. The number of rotatable bonds is 7. The lowest BCUT2D eigenvalue weighted by Gasteiger charge is -2.23. The fourth-order valence-electron chi connectivity index (χ4n) is 2.46. The van der Waals surface area contributed by atoms with Crippen LogP contribution in [-0.2, 0) is 14.8 Å². The van der Waals surface area contributed by atoms with E-state index in [2.05, 4.69) is 10.0 Å². The molecule has 2 rings (SSSR count). The van der Waals surface area contributed by atoms with Gasteiger partial charge >= 0.3 is 0 Å². The summed E-state index contributed by atoms with van der Waals surface area (Å²) in [6, 6.07) is 8.74. The second kappa shape index (κ2) is 8.09. The molecule has 2 aromatic rings. The van der Waals surface area contributed by atoms with Crippen molar-refractivity contribution in [1.29, 1.82) is 0 Å². The van der Waals surface area contributed by atoms with Gasteiger partial charge in [-0.25, -0.2) is 13.1 Å². The van der Waals surface area contributed by atoms with E-state index in [4.69, 9.17) is 0 Å². The van der Waals surface area contributed by atoms with Crippen LogP contribution in [0.1, 0.15) is 23.4 Å². The Balaban J connectivity index is 2.22. The van der Waals surface area contributed by atoms with Crippen molar-refractivity contribution in [2.45, 2.75) is 24.8 Å². The lowest BCUT2D eigenvalue weighted by atomic mass is 10.2. The Hall–Kier alpha value is -1.74. The highest BCUT2D eigenvalue weighted by Crippen LogP contribution is 2.24. The topological polar surface area (TPSA) is 78.5 Å². The second-order valence-electron chi connectivity index (χ2n) is 6.01. The fourth-order valence-corrected chi connectivity index (χ4v) is 4.69. The summed E-state index contributed by atoms with van der Waals surface area (Å²) in [5.41, 5.74) is 1.08. The van der Waals surface area contributed by atoms with Crippen molar-refractivity contribution in [2.24, 2.45) is 0 Å². The number of benzene rings is 1. The molecule has 0 saturated carbocycles. The zero-order valence-corrected chi connectivity index (χ0v) is 16.4. The lowest BCUT2D eigenvalue weighted by Crippen LogP contribution is -2.34. The number of likely N-dealkylation sites (N-methyl/N-ethyl adjacent to an activating group) is 1. The molecule has 2 N–H and O–H groups in total. The predicted molar refractivity (Wildman–Crippen MR) is 101 cm³/mol. The Bertz CT molecular complexity index is 831. The van der Waals surface area contributed by atoms with Gasteiger partial charge < -0.3 is 10.2 Å². The zero-order valence-electron chi connectivity index (χ0n) is 14.7. The third kappa shape index (κ3) is 5.12. The van der Waals surface area contributed by atoms with Gasteiger partial charge in [-0.05, 0) is 50.2 Å². The van der Waals surface area contributed by atoms with Crippen molar-refractivity contribution in [3.8, 4) is 0 Å². The maximum absolute atomic E-state index is 12.7. The van der Waals surface area contributed by atoms with Gasteiger partial charge in [-0.3, -0.25) is 4.79 Å². The number of nitrogens with one attached hydrogen (secondary N) is 2. The first-order chi connectivity index (χ1) is 11.7. The van der Waals surface area contributed by atoms with E-state index in [0.29, 0.717) is 11.3 Å². The predicted octanol–water partition coefficient (Wildman–Crippen LogP) is 2.60. The minimum absolute atomic E-state index is 0.0476. The minimum atomic E-state index is -3.69. The van der Waals surface area contributed by atoms with Crippen LogP contribution in [0.25, 0.3) is 0 Å². The number of anilines is 1. The summed E-state index contributed by atoms with van der Waals surface area (Å²) in [4.78, 5) is 14.4. The van der Waals surface area contributed by atoms with Gasteiger partial charge in [0, 0.05) is 24.0 Å². The molecule has 6 nitrogen and oxygen atoms in total. The first-order valence-electron chi connectivity index (χ1n) is 7.78. The molecule has 1 atom stereocenters. The van der Waals surface area contributed by atoms with Crippen molar-refractivity contribution < 1.29 is 13.2 Å². The van der Waals surface area contributed by atoms with Gasteiger partial charge in [-0.2, -0.15) is 0 Å². The molecule has 0 bridgehead atoms. The van der Waals surface area contributed by atoms with Crippen molar-refractivity contribution in [1.82, 2.24) is 9.62 Å². The Kier molecular flexibility index (Phi) is 6.34. The molecular formula is C17H23N3O3S2. The average molecular weight is 382 g/mol. The summed E-state index contributed by atoms with van der Waals surface area (Å²) in [6.45, 7) is 3.38. The highest BCUT2D eigenvalue weighted by molar-refractivity contribution is 7.89. The number of carbonyl (C=O) groups excluding carboxylic acids is 1. The molecule has 136 valence electrons. The summed E-state index contributed by atoms with van der Waals surface area (Å²) in [5, 5.41) is 4.59. The molecule has 0 spiro atoms. The van der Waals surface area contributed by atoms with Crippen LogP contribution in [0.4, 0.5) is 5.69 Å². The highest BCUT2D eigenvalue weighted by atomic mass is 32.2. The largest absolute Gasteiger partial charge is 0.326 e. The van der Waals surface area contributed by atoms with E-state index in [1.165, 1.54) is 13.0 Å². The van der Waals surface area contributed by atoms with Crippen molar-refractivity contribution in [3.05, 3.63) is 46.2 Å². The maximum Gasteiger partial charge on any atom is 0.240 e. The number of carbonyl (C=O) groups is 1. The Morgan fingerprint density at radius 1 is 1.28 bits per heavy atom. The molecule has 1 heterocycles. The smallest absolute Gasteiger partial charge is 0.240 e. The first-order valence-corrected chi connectivity index (χ1v) is 10.1. The second-order valence-corrected chi connectivity index (χ2v) is 8.72. The SMILES string of the molecule is CC(=O)Nc1ccc(C)c(S(=O)(=O)NCC(c2cccs2)N(C)C)c1. The third-order valence-electron chi connectivity index (χ3n) is 3.76. The molecule has 1 amide bonds. The summed E-state index contributed by atoms with van der Waals surface area (Å²) >= 11 is 1.59. The van der Waals surface area contributed by atoms with Crippen LogP contribution in [-0.4, -0.2) is 39.9 Å².